The number of nitriles is 1. The van der Waals surface area contributed by atoms with Crippen LogP contribution in [0.3, 0.4) is 0 Å². The Morgan fingerprint density at radius 3 is 2.50 bits per heavy atom. The van der Waals surface area contributed by atoms with Crippen molar-refractivity contribution >= 4 is 0 Å². The lowest BCUT2D eigenvalue weighted by molar-refractivity contribution is -0.141. The fourth-order valence-electron chi connectivity index (χ4n) is 1.00. The zero-order valence-electron chi connectivity index (χ0n) is 7.39. The highest BCUT2D eigenvalue weighted by atomic mass is 19.4. The van der Waals surface area contributed by atoms with Crippen molar-refractivity contribution in [3.63, 3.8) is 0 Å². The van der Waals surface area contributed by atoms with Crippen LogP contribution in [0.5, 0.6) is 0 Å². The summed E-state index contributed by atoms with van der Waals surface area (Å²) in [6.45, 7) is 1.70. The molecule has 0 amide bonds. The average Bonchev–Trinajstić information content (AvgIpc) is 2.15. The number of nitrogens with zero attached hydrogens (tertiary/aromatic N) is 2. The molecule has 0 saturated heterocycles. The largest absolute Gasteiger partial charge is 0.434 e. The molecule has 1 aromatic heterocycles. The summed E-state index contributed by atoms with van der Waals surface area (Å²) in [5.41, 5.74) is -1.20. The summed E-state index contributed by atoms with van der Waals surface area (Å²) in [6.07, 6.45) is -4.15. The molecule has 0 fully saturated rings. The van der Waals surface area contributed by atoms with Crippen LogP contribution in [0.25, 0.3) is 0 Å². The van der Waals surface area contributed by atoms with Gasteiger partial charge in [-0.2, -0.15) is 18.4 Å². The summed E-state index contributed by atoms with van der Waals surface area (Å²) in [7, 11) is 0. The number of hydrogen-bond acceptors (Lipinski definition) is 2. The van der Waals surface area contributed by atoms with Gasteiger partial charge in [0.2, 0.25) is 0 Å². The second kappa shape index (κ2) is 3.66. The predicted molar refractivity (Wildman–Crippen MR) is 43.3 cm³/mol. The smallest absolute Gasteiger partial charge is 0.247 e. The molecule has 0 aromatic carbocycles. The van der Waals surface area contributed by atoms with Crippen molar-refractivity contribution in [1.29, 1.82) is 5.26 Å². The third-order valence-electron chi connectivity index (χ3n) is 1.70. The minimum Gasteiger partial charge on any atom is -0.247 e. The van der Waals surface area contributed by atoms with Crippen LogP contribution in [-0.4, -0.2) is 4.98 Å². The van der Waals surface area contributed by atoms with E-state index in [0.29, 0.717) is 12.1 Å². The summed E-state index contributed by atoms with van der Waals surface area (Å²) in [5.74, 6) is 0. The van der Waals surface area contributed by atoms with Crippen molar-refractivity contribution in [2.45, 2.75) is 19.5 Å². The number of rotatable bonds is 1. The van der Waals surface area contributed by atoms with Crippen molar-refractivity contribution in [3.8, 4) is 6.07 Å². The SMILES string of the molecule is CCc1ccc(C#N)c(C(F)(F)F)n1. The van der Waals surface area contributed by atoms with Crippen LogP contribution < -0.4 is 0 Å². The lowest BCUT2D eigenvalue weighted by atomic mass is 10.1. The van der Waals surface area contributed by atoms with Crippen LogP contribution in [0.1, 0.15) is 23.9 Å². The number of alkyl halides is 3. The molecular formula is C9H7F3N2. The second-order valence-electron chi connectivity index (χ2n) is 2.66. The molecule has 0 bridgehead atoms. The molecule has 0 aliphatic heterocycles. The summed E-state index contributed by atoms with van der Waals surface area (Å²) in [4.78, 5) is 3.39. The van der Waals surface area contributed by atoms with Crippen LogP contribution in [0.2, 0.25) is 0 Å². The first-order chi connectivity index (χ1) is 6.49. The molecule has 0 saturated carbocycles. The van der Waals surface area contributed by atoms with Gasteiger partial charge >= 0.3 is 6.18 Å². The highest BCUT2D eigenvalue weighted by Crippen LogP contribution is 2.30. The van der Waals surface area contributed by atoms with Crippen LogP contribution in [0.4, 0.5) is 13.2 Å². The lowest BCUT2D eigenvalue weighted by Crippen LogP contribution is -2.12. The van der Waals surface area contributed by atoms with Gasteiger partial charge in [-0.05, 0) is 18.6 Å². The highest BCUT2D eigenvalue weighted by molar-refractivity contribution is 5.35. The zero-order chi connectivity index (χ0) is 10.8. The summed E-state index contributed by atoms with van der Waals surface area (Å²) in [6, 6.07) is 4.04. The van der Waals surface area contributed by atoms with Gasteiger partial charge in [0.1, 0.15) is 6.07 Å². The van der Waals surface area contributed by atoms with Crippen molar-refractivity contribution in [2.75, 3.05) is 0 Å². The zero-order valence-corrected chi connectivity index (χ0v) is 7.39. The number of hydrogen-bond donors (Lipinski definition) is 0. The van der Waals surface area contributed by atoms with Crippen molar-refractivity contribution in [3.05, 3.63) is 29.1 Å². The van der Waals surface area contributed by atoms with E-state index in [4.69, 9.17) is 5.26 Å². The fraction of sp³-hybridized carbons (Fsp3) is 0.333. The van der Waals surface area contributed by atoms with E-state index in [1.54, 1.807) is 6.92 Å². The maximum Gasteiger partial charge on any atom is 0.434 e. The Kier molecular flexibility index (Phi) is 2.75. The Labute approximate surface area is 79.0 Å². The van der Waals surface area contributed by atoms with Crippen molar-refractivity contribution < 1.29 is 13.2 Å². The van der Waals surface area contributed by atoms with Gasteiger partial charge in [-0.3, -0.25) is 0 Å². The first kappa shape index (κ1) is 10.5. The minimum absolute atomic E-state index is 0.330. The predicted octanol–water partition coefficient (Wildman–Crippen LogP) is 2.53. The molecule has 0 aliphatic carbocycles. The molecule has 0 unspecified atom stereocenters. The third-order valence-corrected chi connectivity index (χ3v) is 1.70. The molecule has 0 spiro atoms. The molecule has 14 heavy (non-hydrogen) atoms. The minimum atomic E-state index is -4.56. The average molecular weight is 200 g/mol. The molecule has 1 aromatic rings. The Morgan fingerprint density at radius 1 is 1.43 bits per heavy atom. The fourth-order valence-corrected chi connectivity index (χ4v) is 1.00. The van der Waals surface area contributed by atoms with Gasteiger partial charge in [-0.25, -0.2) is 4.98 Å². The molecule has 2 nitrogen and oxygen atoms in total. The van der Waals surface area contributed by atoms with E-state index in [1.807, 2.05) is 0 Å². The van der Waals surface area contributed by atoms with E-state index < -0.39 is 17.4 Å². The van der Waals surface area contributed by atoms with Gasteiger partial charge in [0.05, 0.1) is 5.56 Å². The Balaban J connectivity index is 3.31. The number of aryl methyl sites for hydroxylation is 1. The monoisotopic (exact) mass is 200 g/mol. The quantitative estimate of drug-likeness (QED) is 0.698. The van der Waals surface area contributed by atoms with Crippen molar-refractivity contribution in [2.24, 2.45) is 0 Å². The van der Waals surface area contributed by atoms with Crippen LogP contribution in [0, 0.1) is 11.3 Å². The van der Waals surface area contributed by atoms with E-state index >= 15 is 0 Å². The maximum absolute atomic E-state index is 12.3. The summed E-state index contributed by atoms with van der Waals surface area (Å²) < 4.78 is 37.0. The summed E-state index contributed by atoms with van der Waals surface area (Å²) in [5, 5.41) is 8.46. The Hall–Kier alpha value is -1.57. The Bertz CT molecular complexity index is 377. The van der Waals surface area contributed by atoms with E-state index in [-0.39, 0.29) is 0 Å². The standard InChI is InChI=1S/C9H7F3N2/c1-2-7-4-3-6(5-13)8(14-7)9(10,11)12/h3-4H,2H2,1H3. The first-order valence-corrected chi connectivity index (χ1v) is 3.96. The normalized spacial score (nSPS) is 11.1. The summed E-state index contributed by atoms with van der Waals surface area (Å²) >= 11 is 0. The molecule has 1 heterocycles. The van der Waals surface area contributed by atoms with E-state index in [0.717, 1.165) is 6.07 Å². The Morgan fingerprint density at radius 2 is 2.07 bits per heavy atom. The molecule has 5 heteroatoms. The highest BCUT2D eigenvalue weighted by Gasteiger charge is 2.35. The topological polar surface area (TPSA) is 36.7 Å². The van der Waals surface area contributed by atoms with Crippen LogP contribution >= 0.6 is 0 Å². The molecule has 0 radical (unpaired) electrons. The molecular weight excluding hydrogens is 193 g/mol. The molecule has 1 rings (SSSR count). The first-order valence-electron chi connectivity index (χ1n) is 3.96. The number of pyridine rings is 1. The van der Waals surface area contributed by atoms with E-state index in [1.165, 1.54) is 12.1 Å². The van der Waals surface area contributed by atoms with Gasteiger partial charge in [-0.15, -0.1) is 0 Å². The lowest BCUT2D eigenvalue weighted by Gasteiger charge is -2.08. The number of aromatic nitrogens is 1. The molecule has 0 N–H and O–H groups in total. The van der Waals surface area contributed by atoms with Gasteiger partial charge in [0.25, 0.3) is 0 Å². The van der Waals surface area contributed by atoms with Crippen LogP contribution in [0.15, 0.2) is 12.1 Å². The maximum atomic E-state index is 12.3. The molecule has 0 aliphatic rings. The van der Waals surface area contributed by atoms with Gasteiger partial charge in [-0.1, -0.05) is 6.92 Å². The van der Waals surface area contributed by atoms with Crippen molar-refractivity contribution in [1.82, 2.24) is 4.98 Å². The van der Waals surface area contributed by atoms with E-state index in [2.05, 4.69) is 4.98 Å². The van der Waals surface area contributed by atoms with E-state index in [9.17, 15) is 13.2 Å². The van der Waals surface area contributed by atoms with Crippen LogP contribution in [-0.2, 0) is 12.6 Å². The van der Waals surface area contributed by atoms with Gasteiger partial charge in [0, 0.05) is 5.69 Å². The second-order valence-corrected chi connectivity index (χ2v) is 2.66. The third kappa shape index (κ3) is 2.02. The van der Waals surface area contributed by atoms with Gasteiger partial charge < -0.3 is 0 Å². The number of halogens is 3. The molecule has 0 atom stereocenters. The van der Waals surface area contributed by atoms with Gasteiger partial charge in [0.15, 0.2) is 5.69 Å². The molecule has 74 valence electrons.